The Morgan fingerprint density at radius 2 is 1.55 bits per heavy atom. The summed E-state index contributed by atoms with van der Waals surface area (Å²) in [6.45, 7) is 11.2. The van der Waals surface area contributed by atoms with E-state index in [0.29, 0.717) is 17.4 Å². The normalized spacial score (nSPS) is 13.4. The van der Waals surface area contributed by atoms with E-state index < -0.39 is 0 Å². The van der Waals surface area contributed by atoms with Gasteiger partial charge in [0.1, 0.15) is 11.9 Å². The van der Waals surface area contributed by atoms with E-state index >= 15 is 0 Å². The van der Waals surface area contributed by atoms with Crippen molar-refractivity contribution in [3.8, 4) is 5.75 Å². The number of nitrogen functional groups attached to an aromatic ring is 2. The van der Waals surface area contributed by atoms with Crippen LogP contribution in [0.25, 0.3) is 0 Å². The van der Waals surface area contributed by atoms with E-state index in [4.69, 9.17) is 16.2 Å². The van der Waals surface area contributed by atoms with Gasteiger partial charge in [0.05, 0.1) is 11.4 Å². The second kappa shape index (κ2) is 12.0. The van der Waals surface area contributed by atoms with Gasteiger partial charge in [0.25, 0.3) is 0 Å². The summed E-state index contributed by atoms with van der Waals surface area (Å²) in [5.74, 6) is 0.906. The highest BCUT2D eigenvalue weighted by atomic mass is 32.2. The minimum Gasteiger partial charge on any atom is -0.489 e. The van der Waals surface area contributed by atoms with Crippen molar-refractivity contribution in [3.63, 3.8) is 0 Å². The van der Waals surface area contributed by atoms with E-state index in [1.807, 2.05) is 30.3 Å². The summed E-state index contributed by atoms with van der Waals surface area (Å²) in [5.41, 5.74) is 13.0. The second-order valence-electron chi connectivity index (χ2n) is 7.67. The third kappa shape index (κ3) is 7.48. The minimum absolute atomic E-state index is 0.121. The summed E-state index contributed by atoms with van der Waals surface area (Å²) in [7, 11) is 0. The molecule has 0 fully saturated rings. The van der Waals surface area contributed by atoms with Crippen LogP contribution >= 0.6 is 11.8 Å². The van der Waals surface area contributed by atoms with Gasteiger partial charge in [-0.15, -0.1) is 0 Å². The maximum atomic E-state index is 6.34. The number of benzene rings is 2. The molecule has 0 heterocycles. The quantitative estimate of drug-likeness (QED) is 0.412. The highest BCUT2D eigenvalue weighted by Crippen LogP contribution is 2.33. The van der Waals surface area contributed by atoms with E-state index in [1.165, 1.54) is 25.7 Å². The van der Waals surface area contributed by atoms with Gasteiger partial charge in [-0.25, -0.2) is 0 Å². The Morgan fingerprint density at radius 3 is 2.17 bits per heavy atom. The summed E-state index contributed by atoms with van der Waals surface area (Å²) >= 11 is 1.66. The fourth-order valence-corrected chi connectivity index (χ4v) is 4.13. The lowest BCUT2D eigenvalue weighted by Gasteiger charge is -2.33. The molecule has 2 rings (SSSR count). The van der Waals surface area contributed by atoms with Crippen LogP contribution in [0.5, 0.6) is 5.75 Å². The summed E-state index contributed by atoms with van der Waals surface area (Å²) in [6, 6.07) is 14.4. The van der Waals surface area contributed by atoms with Crippen LogP contribution in [0.3, 0.4) is 0 Å². The molecule has 2 aromatic carbocycles. The fourth-order valence-electron chi connectivity index (χ4n) is 3.21. The van der Waals surface area contributed by atoms with Crippen LogP contribution in [0.15, 0.2) is 52.3 Å². The average molecular weight is 416 g/mol. The predicted molar refractivity (Wildman–Crippen MR) is 127 cm³/mol. The molecule has 2 unspecified atom stereocenters. The largest absolute Gasteiger partial charge is 0.489 e. The lowest BCUT2D eigenvalue weighted by atomic mass is 10.1. The van der Waals surface area contributed by atoms with E-state index in [9.17, 15) is 0 Å². The number of anilines is 2. The molecule has 0 saturated carbocycles. The standard InChI is InChI=1S/C24H37N3OS/c1-5-7-14-27(15-8-6-2)18(3)19(4)28-20-10-9-11-21(16-20)29-22-12-13-23(25)24(26)17-22/h9-13,16-19H,5-8,14-15,25-26H2,1-4H3. The smallest absolute Gasteiger partial charge is 0.120 e. The highest BCUT2D eigenvalue weighted by Gasteiger charge is 2.21. The Morgan fingerprint density at radius 1 is 0.897 bits per heavy atom. The molecule has 0 saturated heterocycles. The van der Waals surface area contributed by atoms with Crippen LogP contribution in [0.1, 0.15) is 53.4 Å². The molecule has 4 N–H and O–H groups in total. The van der Waals surface area contributed by atoms with Gasteiger partial charge in [-0.05, 0) is 76.2 Å². The molecule has 0 aliphatic heterocycles. The van der Waals surface area contributed by atoms with Crippen molar-refractivity contribution >= 4 is 23.1 Å². The van der Waals surface area contributed by atoms with E-state index in [0.717, 1.165) is 28.6 Å². The van der Waals surface area contributed by atoms with Crippen molar-refractivity contribution in [2.45, 2.75) is 75.3 Å². The molecule has 0 aliphatic carbocycles. The lowest BCUT2D eigenvalue weighted by molar-refractivity contribution is 0.0849. The number of ether oxygens (including phenoxy) is 1. The Balaban J connectivity index is 2.02. The molecule has 4 nitrogen and oxygen atoms in total. The second-order valence-corrected chi connectivity index (χ2v) is 8.82. The molecule has 0 radical (unpaired) electrons. The molecule has 0 aromatic heterocycles. The van der Waals surface area contributed by atoms with Gasteiger partial charge in [0.2, 0.25) is 0 Å². The number of nitrogens with zero attached hydrogens (tertiary/aromatic N) is 1. The van der Waals surface area contributed by atoms with Crippen molar-refractivity contribution in [2.75, 3.05) is 24.6 Å². The zero-order chi connectivity index (χ0) is 21.2. The SMILES string of the molecule is CCCCN(CCCC)C(C)C(C)Oc1cccc(Sc2ccc(N)c(N)c2)c1. The average Bonchev–Trinajstić information content (AvgIpc) is 2.70. The molecular weight excluding hydrogens is 378 g/mol. The zero-order valence-electron chi connectivity index (χ0n) is 18.4. The van der Waals surface area contributed by atoms with Gasteiger partial charge in [-0.2, -0.15) is 0 Å². The number of hydrogen-bond donors (Lipinski definition) is 2. The minimum atomic E-state index is 0.121. The molecule has 2 atom stereocenters. The number of nitrogens with two attached hydrogens (primary N) is 2. The third-order valence-electron chi connectivity index (χ3n) is 5.27. The molecule has 0 bridgehead atoms. The molecule has 2 aromatic rings. The Hall–Kier alpha value is -1.85. The van der Waals surface area contributed by atoms with E-state index in [-0.39, 0.29) is 6.10 Å². The van der Waals surface area contributed by atoms with E-state index in [1.54, 1.807) is 11.8 Å². The van der Waals surface area contributed by atoms with Gasteiger partial charge in [0.15, 0.2) is 0 Å². The Kier molecular flexibility index (Phi) is 9.68. The molecule has 5 heteroatoms. The van der Waals surface area contributed by atoms with Gasteiger partial charge in [-0.1, -0.05) is 44.5 Å². The first-order valence-corrected chi connectivity index (χ1v) is 11.6. The Labute approximate surface area is 181 Å². The lowest BCUT2D eigenvalue weighted by Crippen LogP contribution is -2.43. The molecule has 0 amide bonds. The van der Waals surface area contributed by atoms with Crippen LogP contribution in [-0.2, 0) is 0 Å². The Bertz CT molecular complexity index is 745. The monoisotopic (exact) mass is 415 g/mol. The third-order valence-corrected chi connectivity index (χ3v) is 6.25. The first kappa shape index (κ1) is 23.4. The maximum Gasteiger partial charge on any atom is 0.120 e. The van der Waals surface area contributed by atoms with Gasteiger partial charge in [-0.3, -0.25) is 4.90 Å². The summed E-state index contributed by atoms with van der Waals surface area (Å²) < 4.78 is 6.34. The highest BCUT2D eigenvalue weighted by molar-refractivity contribution is 7.99. The van der Waals surface area contributed by atoms with Crippen molar-refractivity contribution < 1.29 is 4.74 Å². The van der Waals surface area contributed by atoms with Gasteiger partial charge >= 0.3 is 0 Å². The van der Waals surface area contributed by atoms with E-state index in [2.05, 4.69) is 44.7 Å². The van der Waals surface area contributed by atoms with Crippen molar-refractivity contribution in [1.82, 2.24) is 4.90 Å². The number of hydrogen-bond acceptors (Lipinski definition) is 5. The molecular formula is C24H37N3OS. The van der Waals surface area contributed by atoms with Crippen molar-refractivity contribution in [1.29, 1.82) is 0 Å². The zero-order valence-corrected chi connectivity index (χ0v) is 19.2. The van der Waals surface area contributed by atoms with Crippen LogP contribution < -0.4 is 16.2 Å². The van der Waals surface area contributed by atoms with Crippen LogP contribution in [0.4, 0.5) is 11.4 Å². The van der Waals surface area contributed by atoms with Crippen LogP contribution in [-0.4, -0.2) is 30.1 Å². The molecule has 0 spiro atoms. The topological polar surface area (TPSA) is 64.5 Å². The van der Waals surface area contributed by atoms with Gasteiger partial charge in [0, 0.05) is 15.8 Å². The maximum absolute atomic E-state index is 6.34. The summed E-state index contributed by atoms with van der Waals surface area (Å²) in [6.07, 6.45) is 5.03. The van der Waals surface area contributed by atoms with Crippen molar-refractivity contribution in [2.24, 2.45) is 0 Å². The molecule has 0 aliphatic rings. The first-order valence-electron chi connectivity index (χ1n) is 10.8. The number of unbranched alkanes of at least 4 members (excludes halogenated alkanes) is 2. The predicted octanol–water partition coefficient (Wildman–Crippen LogP) is 6.06. The summed E-state index contributed by atoms with van der Waals surface area (Å²) in [5, 5.41) is 0. The van der Waals surface area contributed by atoms with Crippen molar-refractivity contribution in [3.05, 3.63) is 42.5 Å². The van der Waals surface area contributed by atoms with Crippen LogP contribution in [0, 0.1) is 0 Å². The molecule has 29 heavy (non-hydrogen) atoms. The van der Waals surface area contributed by atoms with Crippen LogP contribution in [0.2, 0.25) is 0 Å². The fraction of sp³-hybridized carbons (Fsp3) is 0.500. The first-order chi connectivity index (χ1) is 13.9. The summed E-state index contributed by atoms with van der Waals surface area (Å²) in [4.78, 5) is 4.77. The molecule has 160 valence electrons. The number of rotatable bonds is 12. The van der Waals surface area contributed by atoms with Gasteiger partial charge < -0.3 is 16.2 Å².